The van der Waals surface area contributed by atoms with E-state index in [0.717, 1.165) is 0 Å². The van der Waals surface area contributed by atoms with Gasteiger partial charge in [0.05, 0.1) is 5.41 Å². The molecule has 0 aliphatic rings. The quantitative estimate of drug-likeness (QED) is 0.672. The Morgan fingerprint density at radius 2 is 1.86 bits per heavy atom. The van der Waals surface area contributed by atoms with Crippen molar-refractivity contribution in [2.45, 2.75) is 33.1 Å². The third-order valence-electron chi connectivity index (χ3n) is 3.83. The number of carbonyl (C=O) groups is 2. The normalized spacial score (nSPS) is 11.0. The Hall–Kier alpha value is -1.95. The fourth-order valence-electron chi connectivity index (χ4n) is 2.09. The fraction of sp³-hybridized carbons (Fsp3) is 0.533. The first-order valence-corrected chi connectivity index (χ1v) is 7.26. The van der Waals surface area contributed by atoms with Crippen LogP contribution in [0.2, 0.25) is 0 Å². The van der Waals surface area contributed by atoms with Gasteiger partial charge in [0, 0.05) is 37.6 Å². The molecule has 0 bridgehead atoms. The summed E-state index contributed by atoms with van der Waals surface area (Å²) >= 11 is 0. The number of nitrogens with one attached hydrogen (secondary N) is 2. The van der Waals surface area contributed by atoms with E-state index in [9.17, 15) is 9.59 Å². The van der Waals surface area contributed by atoms with Crippen molar-refractivity contribution in [1.29, 1.82) is 0 Å². The molecule has 1 aromatic rings. The molecule has 6 nitrogen and oxygen atoms in total. The van der Waals surface area contributed by atoms with Crippen LogP contribution >= 0.6 is 0 Å². The first-order chi connectivity index (χ1) is 10.1. The van der Waals surface area contributed by atoms with Gasteiger partial charge in [-0.05, 0) is 25.0 Å². The van der Waals surface area contributed by atoms with E-state index >= 15 is 0 Å². The van der Waals surface area contributed by atoms with Crippen LogP contribution in [0.4, 0.5) is 5.69 Å². The fourth-order valence-corrected chi connectivity index (χ4v) is 2.09. The second-order valence-electron chi connectivity index (χ2n) is 4.98. The number of nitrogens with zero attached hydrogens (tertiary/aromatic N) is 1. The zero-order valence-electron chi connectivity index (χ0n) is 12.7. The Morgan fingerprint density at radius 1 is 1.24 bits per heavy atom. The van der Waals surface area contributed by atoms with E-state index in [-0.39, 0.29) is 18.2 Å². The van der Waals surface area contributed by atoms with Crippen LogP contribution in [0.5, 0.6) is 0 Å². The van der Waals surface area contributed by atoms with Gasteiger partial charge < -0.3 is 16.4 Å². The first kappa shape index (κ1) is 17.1. The first-order valence-electron chi connectivity index (χ1n) is 7.26. The molecular formula is C15H24N4O2. The van der Waals surface area contributed by atoms with E-state index in [1.807, 2.05) is 13.8 Å². The Morgan fingerprint density at radius 3 is 2.38 bits per heavy atom. The smallest absolute Gasteiger partial charge is 0.227 e. The molecule has 1 aromatic heterocycles. The summed E-state index contributed by atoms with van der Waals surface area (Å²) in [7, 11) is 0. The molecule has 1 heterocycles. The molecule has 6 heteroatoms. The Balaban J connectivity index is 2.39. The number of hydrogen-bond acceptors (Lipinski definition) is 4. The maximum Gasteiger partial charge on any atom is 0.227 e. The van der Waals surface area contributed by atoms with Crippen molar-refractivity contribution >= 4 is 17.5 Å². The molecule has 0 spiro atoms. The second kappa shape index (κ2) is 8.36. The minimum Gasteiger partial charge on any atom is -0.355 e. The Kier molecular flexibility index (Phi) is 6.81. The van der Waals surface area contributed by atoms with E-state index in [2.05, 4.69) is 15.6 Å². The molecule has 116 valence electrons. The summed E-state index contributed by atoms with van der Waals surface area (Å²) < 4.78 is 0. The molecule has 0 aliphatic carbocycles. The predicted octanol–water partition coefficient (Wildman–Crippen LogP) is 1.29. The van der Waals surface area contributed by atoms with Gasteiger partial charge in [-0.3, -0.25) is 14.6 Å². The minimum absolute atomic E-state index is 0.0771. The van der Waals surface area contributed by atoms with E-state index in [1.165, 1.54) is 0 Å². The van der Waals surface area contributed by atoms with E-state index in [1.54, 1.807) is 24.5 Å². The minimum atomic E-state index is -0.526. The van der Waals surface area contributed by atoms with Gasteiger partial charge in [0.25, 0.3) is 0 Å². The molecule has 0 unspecified atom stereocenters. The molecule has 0 saturated carbocycles. The van der Waals surface area contributed by atoms with Gasteiger partial charge >= 0.3 is 0 Å². The molecule has 0 saturated heterocycles. The zero-order chi connectivity index (χ0) is 15.7. The third kappa shape index (κ3) is 4.82. The summed E-state index contributed by atoms with van der Waals surface area (Å²) in [5, 5.41) is 5.54. The monoisotopic (exact) mass is 292 g/mol. The van der Waals surface area contributed by atoms with Gasteiger partial charge in [-0.15, -0.1) is 0 Å². The van der Waals surface area contributed by atoms with Crippen LogP contribution in [0.25, 0.3) is 0 Å². The highest BCUT2D eigenvalue weighted by Crippen LogP contribution is 2.24. The van der Waals surface area contributed by atoms with Crippen molar-refractivity contribution < 1.29 is 9.59 Å². The Labute approximate surface area is 125 Å². The topological polar surface area (TPSA) is 97.1 Å². The molecule has 4 N–H and O–H groups in total. The second-order valence-corrected chi connectivity index (χ2v) is 4.98. The van der Waals surface area contributed by atoms with Gasteiger partial charge in [-0.25, -0.2) is 0 Å². The number of nitrogens with two attached hydrogens (primary N) is 1. The largest absolute Gasteiger partial charge is 0.355 e. The van der Waals surface area contributed by atoms with E-state index in [4.69, 9.17) is 5.73 Å². The summed E-state index contributed by atoms with van der Waals surface area (Å²) in [5.41, 5.74) is 5.89. The molecule has 2 amide bonds. The number of amides is 2. The van der Waals surface area contributed by atoms with Crippen molar-refractivity contribution in [3.8, 4) is 0 Å². The maximum atomic E-state index is 12.2. The summed E-state index contributed by atoms with van der Waals surface area (Å²) in [5.74, 6) is -0.223. The van der Waals surface area contributed by atoms with Crippen LogP contribution in [0.1, 0.15) is 33.1 Å². The molecule has 0 aliphatic heterocycles. The molecule has 0 fully saturated rings. The van der Waals surface area contributed by atoms with Gasteiger partial charge in [0.1, 0.15) is 0 Å². The van der Waals surface area contributed by atoms with E-state index in [0.29, 0.717) is 31.6 Å². The number of pyridine rings is 1. The van der Waals surface area contributed by atoms with Crippen molar-refractivity contribution in [2.75, 3.05) is 18.4 Å². The third-order valence-corrected chi connectivity index (χ3v) is 3.83. The highest BCUT2D eigenvalue weighted by molar-refractivity contribution is 5.91. The standard InChI is InChI=1S/C15H24N4O2/c1-3-15(4-2,11-16)14(21)18-10-7-13(20)19-12-5-8-17-9-6-12/h5-6,8-9H,3-4,7,10-11,16H2,1-2H3,(H,18,21)(H,17,19,20). The summed E-state index contributed by atoms with van der Waals surface area (Å²) in [6.07, 6.45) is 4.82. The van der Waals surface area contributed by atoms with Crippen LogP contribution < -0.4 is 16.4 Å². The van der Waals surface area contributed by atoms with Gasteiger partial charge in [-0.1, -0.05) is 13.8 Å². The van der Waals surface area contributed by atoms with Crippen molar-refractivity contribution in [1.82, 2.24) is 10.3 Å². The van der Waals surface area contributed by atoms with Crippen LogP contribution in [0.3, 0.4) is 0 Å². The number of aromatic nitrogens is 1. The van der Waals surface area contributed by atoms with Crippen LogP contribution in [-0.4, -0.2) is 29.9 Å². The lowest BCUT2D eigenvalue weighted by Gasteiger charge is -2.28. The summed E-state index contributed by atoms with van der Waals surface area (Å²) in [6.45, 7) is 4.52. The zero-order valence-corrected chi connectivity index (χ0v) is 12.7. The summed E-state index contributed by atoms with van der Waals surface area (Å²) in [4.78, 5) is 27.8. The lowest BCUT2D eigenvalue weighted by atomic mass is 9.81. The van der Waals surface area contributed by atoms with Gasteiger partial charge in [0.2, 0.25) is 11.8 Å². The maximum absolute atomic E-state index is 12.2. The van der Waals surface area contributed by atoms with Crippen molar-refractivity contribution in [2.24, 2.45) is 11.1 Å². The van der Waals surface area contributed by atoms with E-state index < -0.39 is 5.41 Å². The number of hydrogen-bond donors (Lipinski definition) is 3. The molecular weight excluding hydrogens is 268 g/mol. The lowest BCUT2D eigenvalue weighted by Crippen LogP contribution is -2.45. The van der Waals surface area contributed by atoms with Crippen LogP contribution in [-0.2, 0) is 9.59 Å². The highest BCUT2D eigenvalue weighted by Gasteiger charge is 2.32. The molecule has 0 atom stereocenters. The Bertz CT molecular complexity index is 450. The predicted molar refractivity (Wildman–Crippen MR) is 82.6 cm³/mol. The molecule has 1 rings (SSSR count). The van der Waals surface area contributed by atoms with Crippen molar-refractivity contribution in [3.05, 3.63) is 24.5 Å². The SMILES string of the molecule is CCC(CC)(CN)C(=O)NCCC(=O)Nc1ccncc1. The van der Waals surface area contributed by atoms with Crippen LogP contribution in [0, 0.1) is 5.41 Å². The number of anilines is 1. The average molecular weight is 292 g/mol. The molecule has 0 radical (unpaired) electrons. The summed E-state index contributed by atoms with van der Waals surface area (Å²) in [6, 6.07) is 3.42. The average Bonchev–Trinajstić information content (AvgIpc) is 2.50. The van der Waals surface area contributed by atoms with Crippen molar-refractivity contribution in [3.63, 3.8) is 0 Å². The van der Waals surface area contributed by atoms with Crippen LogP contribution in [0.15, 0.2) is 24.5 Å². The van der Waals surface area contributed by atoms with Gasteiger partial charge in [0.15, 0.2) is 0 Å². The molecule has 21 heavy (non-hydrogen) atoms. The number of rotatable bonds is 8. The molecule has 0 aromatic carbocycles. The lowest BCUT2D eigenvalue weighted by molar-refractivity contribution is -0.131. The highest BCUT2D eigenvalue weighted by atomic mass is 16.2. The van der Waals surface area contributed by atoms with Gasteiger partial charge in [-0.2, -0.15) is 0 Å². The number of carbonyl (C=O) groups excluding carboxylic acids is 2.